The fourth-order valence-corrected chi connectivity index (χ4v) is 3.56. The molecule has 178 valence electrons. The topological polar surface area (TPSA) is 86.0 Å². The van der Waals surface area contributed by atoms with Gasteiger partial charge in [-0.15, -0.1) is 0 Å². The number of aliphatic imine (C=N–C) groups is 1. The second-order valence-electron chi connectivity index (χ2n) is 7.85. The van der Waals surface area contributed by atoms with Gasteiger partial charge < -0.3 is 5.11 Å². The molecule has 0 aliphatic heterocycles. The molecule has 0 saturated carbocycles. The van der Waals surface area contributed by atoms with E-state index in [1.807, 2.05) is 16.9 Å². The fourth-order valence-electron chi connectivity index (χ4n) is 3.56. The maximum absolute atomic E-state index is 12.5. The van der Waals surface area contributed by atoms with Crippen molar-refractivity contribution in [2.75, 3.05) is 0 Å². The summed E-state index contributed by atoms with van der Waals surface area (Å²) < 4.78 is 42.3. The van der Waals surface area contributed by atoms with Crippen LogP contribution in [0.15, 0.2) is 48.6 Å². The van der Waals surface area contributed by atoms with E-state index >= 15 is 0 Å². The maximum Gasteiger partial charge on any atom is 0.391 e. The summed E-state index contributed by atoms with van der Waals surface area (Å²) in [6.45, 7) is 7.95. The first-order chi connectivity index (χ1) is 15.6. The fraction of sp³-hybridized carbons (Fsp3) is 0.455. The molecule has 0 aromatic carbocycles. The van der Waals surface area contributed by atoms with Crippen molar-refractivity contribution in [3.8, 4) is 0 Å². The van der Waals surface area contributed by atoms with Gasteiger partial charge in [-0.3, -0.25) is 14.0 Å². The van der Waals surface area contributed by atoms with Gasteiger partial charge in [0, 0.05) is 36.8 Å². The van der Waals surface area contributed by atoms with E-state index in [9.17, 15) is 18.3 Å². The lowest BCUT2D eigenvalue weighted by Crippen LogP contribution is -2.24. The number of aryl methyl sites for hydroxylation is 1. The number of nitrogens with zero attached hydrogens (tertiary/aromatic N) is 7. The number of alkyl halides is 3. The molecule has 33 heavy (non-hydrogen) atoms. The summed E-state index contributed by atoms with van der Waals surface area (Å²) in [6, 6.07) is 2.11. The van der Waals surface area contributed by atoms with Crippen LogP contribution in [0.2, 0.25) is 0 Å². The first-order valence-electron chi connectivity index (χ1n) is 10.7. The van der Waals surface area contributed by atoms with E-state index in [2.05, 4.69) is 35.7 Å². The number of aromatic nitrogens is 6. The van der Waals surface area contributed by atoms with Crippen LogP contribution in [0.25, 0.3) is 5.70 Å². The van der Waals surface area contributed by atoms with Crippen molar-refractivity contribution in [3.63, 3.8) is 0 Å². The zero-order valence-electron chi connectivity index (χ0n) is 18.9. The van der Waals surface area contributed by atoms with Crippen molar-refractivity contribution < 1.29 is 18.3 Å². The molecule has 3 heterocycles. The molecule has 3 aromatic rings. The lowest BCUT2D eigenvalue weighted by molar-refractivity contribution is -0.154. The van der Waals surface area contributed by atoms with Gasteiger partial charge in [0.25, 0.3) is 0 Å². The molecular formula is C22H28F3N7O. The molecule has 0 bridgehead atoms. The molecule has 1 unspecified atom stereocenters. The number of halogens is 3. The Kier molecular flexibility index (Phi) is 7.52. The Morgan fingerprint density at radius 2 is 1.82 bits per heavy atom. The SMILES string of the molecule is C=C(/N=C(/c1cnn(C(CC)CC)c1)c1ccnn1C)c1cnn(CC(O)CC(F)(F)F)c1. The minimum absolute atomic E-state index is 0.274. The zero-order valence-corrected chi connectivity index (χ0v) is 18.9. The molecule has 3 aromatic heterocycles. The van der Waals surface area contributed by atoms with Gasteiger partial charge in [0.1, 0.15) is 0 Å². The summed E-state index contributed by atoms with van der Waals surface area (Å²) in [7, 11) is 1.80. The highest BCUT2D eigenvalue weighted by atomic mass is 19.4. The molecule has 1 N–H and O–H groups in total. The third-order valence-electron chi connectivity index (χ3n) is 5.33. The Balaban J connectivity index is 1.88. The molecule has 0 radical (unpaired) electrons. The minimum Gasteiger partial charge on any atom is -0.391 e. The van der Waals surface area contributed by atoms with Gasteiger partial charge in [0.05, 0.1) is 54.6 Å². The summed E-state index contributed by atoms with van der Waals surface area (Å²) in [5.74, 6) is 0. The predicted molar refractivity (Wildman–Crippen MR) is 119 cm³/mol. The molecule has 0 saturated heterocycles. The first kappa shape index (κ1) is 24.4. The van der Waals surface area contributed by atoms with Gasteiger partial charge in [-0.25, -0.2) is 4.99 Å². The van der Waals surface area contributed by atoms with Crippen molar-refractivity contribution in [3.05, 3.63) is 60.5 Å². The van der Waals surface area contributed by atoms with Crippen molar-refractivity contribution in [2.24, 2.45) is 12.0 Å². The summed E-state index contributed by atoms with van der Waals surface area (Å²) in [5, 5.41) is 22.4. The van der Waals surface area contributed by atoms with Gasteiger partial charge in [-0.2, -0.15) is 28.5 Å². The van der Waals surface area contributed by atoms with Crippen molar-refractivity contribution in [1.29, 1.82) is 0 Å². The lowest BCUT2D eigenvalue weighted by Gasteiger charge is -2.12. The van der Waals surface area contributed by atoms with Crippen LogP contribution in [-0.4, -0.2) is 52.4 Å². The molecule has 0 fully saturated rings. The number of aliphatic hydroxyl groups excluding tert-OH is 1. The smallest absolute Gasteiger partial charge is 0.391 e. The van der Waals surface area contributed by atoms with Crippen LogP contribution in [0.3, 0.4) is 0 Å². The number of aliphatic hydroxyl groups is 1. The Bertz CT molecular complexity index is 1110. The van der Waals surface area contributed by atoms with Gasteiger partial charge >= 0.3 is 6.18 Å². The lowest BCUT2D eigenvalue weighted by atomic mass is 10.1. The minimum atomic E-state index is -4.44. The van der Waals surface area contributed by atoms with Gasteiger partial charge in [-0.1, -0.05) is 20.4 Å². The molecule has 0 aliphatic rings. The van der Waals surface area contributed by atoms with E-state index in [0.29, 0.717) is 17.0 Å². The van der Waals surface area contributed by atoms with E-state index in [1.165, 1.54) is 17.1 Å². The van der Waals surface area contributed by atoms with E-state index in [4.69, 9.17) is 4.99 Å². The largest absolute Gasteiger partial charge is 0.391 e. The second kappa shape index (κ2) is 10.2. The van der Waals surface area contributed by atoms with Gasteiger partial charge in [-0.05, 0) is 18.9 Å². The first-order valence-corrected chi connectivity index (χ1v) is 10.7. The monoisotopic (exact) mass is 463 g/mol. The van der Waals surface area contributed by atoms with Gasteiger partial charge in [0.2, 0.25) is 0 Å². The quantitative estimate of drug-likeness (QED) is 0.461. The Morgan fingerprint density at radius 3 is 2.42 bits per heavy atom. The van der Waals surface area contributed by atoms with Crippen LogP contribution in [-0.2, 0) is 13.6 Å². The molecule has 1 atom stereocenters. The summed E-state index contributed by atoms with van der Waals surface area (Å²) in [5.41, 5.74) is 3.06. The van der Waals surface area contributed by atoms with E-state index in [-0.39, 0.29) is 12.6 Å². The summed E-state index contributed by atoms with van der Waals surface area (Å²) in [6.07, 6.45) is 2.88. The van der Waals surface area contributed by atoms with Crippen LogP contribution < -0.4 is 0 Å². The van der Waals surface area contributed by atoms with E-state index < -0.39 is 18.7 Å². The molecule has 0 spiro atoms. The number of hydrogen-bond donors (Lipinski definition) is 1. The molecule has 0 aliphatic carbocycles. The average Bonchev–Trinajstić information content (AvgIpc) is 3.47. The number of hydrogen-bond acceptors (Lipinski definition) is 5. The van der Waals surface area contributed by atoms with Gasteiger partial charge in [0.15, 0.2) is 0 Å². The summed E-state index contributed by atoms with van der Waals surface area (Å²) >= 11 is 0. The maximum atomic E-state index is 12.5. The van der Waals surface area contributed by atoms with Crippen LogP contribution >= 0.6 is 0 Å². The van der Waals surface area contributed by atoms with Crippen molar-refractivity contribution >= 4 is 11.4 Å². The van der Waals surface area contributed by atoms with E-state index in [1.54, 1.807) is 24.1 Å². The van der Waals surface area contributed by atoms with E-state index in [0.717, 1.165) is 24.1 Å². The average molecular weight is 464 g/mol. The number of rotatable bonds is 10. The molecule has 11 heteroatoms. The molecule has 8 nitrogen and oxygen atoms in total. The Hall–Kier alpha value is -3.21. The van der Waals surface area contributed by atoms with Crippen molar-refractivity contribution in [2.45, 2.75) is 58.0 Å². The van der Waals surface area contributed by atoms with Crippen LogP contribution in [0.4, 0.5) is 13.2 Å². The standard InChI is InChI=1S/C22H28F3N7O/c1-5-18(6-2)32-13-17(11-28-32)21(20-7-8-26-30(20)4)29-15(3)16-10-27-31(12-16)14-19(33)9-22(23,24)25/h7-8,10-13,18-19,33H,3,5-6,9,14H2,1-2,4H3/b29-21-. The zero-order chi connectivity index (χ0) is 24.2. The highest BCUT2D eigenvalue weighted by molar-refractivity contribution is 6.13. The third-order valence-corrected chi connectivity index (χ3v) is 5.33. The normalized spacial score (nSPS) is 13.6. The summed E-state index contributed by atoms with van der Waals surface area (Å²) in [4.78, 5) is 4.71. The molecule has 3 rings (SSSR count). The van der Waals surface area contributed by atoms with Crippen LogP contribution in [0.1, 0.15) is 56.0 Å². The predicted octanol–water partition coefficient (Wildman–Crippen LogP) is 4.00. The molecular weight excluding hydrogens is 435 g/mol. The van der Waals surface area contributed by atoms with Crippen molar-refractivity contribution in [1.82, 2.24) is 29.3 Å². The Labute approximate surface area is 190 Å². The Morgan fingerprint density at radius 1 is 1.12 bits per heavy atom. The molecule has 0 amide bonds. The third kappa shape index (κ3) is 6.19. The van der Waals surface area contributed by atoms with Crippen LogP contribution in [0, 0.1) is 0 Å². The highest BCUT2D eigenvalue weighted by Gasteiger charge is 2.31. The highest BCUT2D eigenvalue weighted by Crippen LogP contribution is 2.23. The van der Waals surface area contributed by atoms with Crippen LogP contribution in [0.5, 0.6) is 0 Å². The second-order valence-corrected chi connectivity index (χ2v) is 7.85.